The average Bonchev–Trinajstić information content (AvgIpc) is 2.80. The minimum Gasteiger partial charge on any atom is -0.367 e. The second-order valence-electron chi connectivity index (χ2n) is 7.25. The number of hydrogen-bond donors (Lipinski definition) is 1. The van der Waals surface area contributed by atoms with E-state index in [-0.39, 0.29) is 11.8 Å². The van der Waals surface area contributed by atoms with Crippen molar-refractivity contribution >= 4 is 46.4 Å². The second kappa shape index (κ2) is 9.41. The molecule has 1 aliphatic heterocycles. The van der Waals surface area contributed by atoms with Gasteiger partial charge in [-0.1, -0.05) is 53.5 Å². The third-order valence-electron chi connectivity index (χ3n) is 5.25. The Morgan fingerprint density at radius 1 is 0.774 bits per heavy atom. The van der Waals surface area contributed by atoms with E-state index in [0.717, 1.165) is 5.69 Å². The zero-order chi connectivity index (χ0) is 21.8. The molecular formula is C24H21Cl2N3O2. The van der Waals surface area contributed by atoms with E-state index in [9.17, 15) is 9.59 Å². The summed E-state index contributed by atoms with van der Waals surface area (Å²) in [7, 11) is 0. The van der Waals surface area contributed by atoms with Gasteiger partial charge in [0.05, 0.1) is 21.3 Å². The van der Waals surface area contributed by atoms with Crippen LogP contribution >= 0.6 is 23.2 Å². The minimum atomic E-state index is -0.289. The maximum Gasteiger partial charge on any atom is 0.257 e. The number of benzene rings is 3. The molecule has 0 bridgehead atoms. The fourth-order valence-electron chi connectivity index (χ4n) is 3.60. The Bertz CT molecular complexity index is 1100. The van der Waals surface area contributed by atoms with Crippen molar-refractivity contribution in [2.75, 3.05) is 36.4 Å². The molecule has 3 aromatic rings. The van der Waals surface area contributed by atoms with Crippen LogP contribution in [0.25, 0.3) is 0 Å². The van der Waals surface area contributed by atoms with Gasteiger partial charge in [-0.15, -0.1) is 0 Å². The van der Waals surface area contributed by atoms with Crippen LogP contribution in [-0.2, 0) is 0 Å². The molecule has 4 rings (SSSR count). The summed E-state index contributed by atoms with van der Waals surface area (Å²) in [5, 5.41) is 3.77. The summed E-state index contributed by atoms with van der Waals surface area (Å²) in [6.45, 7) is 2.61. The highest BCUT2D eigenvalue weighted by molar-refractivity contribution is 6.35. The molecule has 1 heterocycles. The molecule has 31 heavy (non-hydrogen) atoms. The van der Waals surface area contributed by atoms with Gasteiger partial charge in [0.2, 0.25) is 0 Å². The molecule has 0 aromatic heterocycles. The highest BCUT2D eigenvalue weighted by Gasteiger charge is 2.23. The van der Waals surface area contributed by atoms with Crippen LogP contribution in [0.4, 0.5) is 11.4 Å². The van der Waals surface area contributed by atoms with Crippen molar-refractivity contribution < 1.29 is 9.59 Å². The molecule has 0 unspecified atom stereocenters. The normalized spacial score (nSPS) is 13.7. The molecule has 158 valence electrons. The maximum atomic E-state index is 12.6. The molecule has 0 aliphatic carbocycles. The molecular weight excluding hydrogens is 433 g/mol. The van der Waals surface area contributed by atoms with Crippen molar-refractivity contribution in [1.29, 1.82) is 0 Å². The summed E-state index contributed by atoms with van der Waals surface area (Å²) in [5.41, 5.74) is 2.58. The van der Waals surface area contributed by atoms with Crippen LogP contribution < -0.4 is 10.2 Å². The third-order valence-corrected chi connectivity index (χ3v) is 5.88. The Morgan fingerprint density at radius 3 is 2.13 bits per heavy atom. The summed E-state index contributed by atoms with van der Waals surface area (Å²) < 4.78 is 0. The first kappa shape index (κ1) is 21.2. The lowest BCUT2D eigenvalue weighted by atomic mass is 10.1. The van der Waals surface area contributed by atoms with E-state index < -0.39 is 0 Å². The van der Waals surface area contributed by atoms with Crippen molar-refractivity contribution in [3.8, 4) is 0 Å². The fraction of sp³-hybridized carbons (Fsp3) is 0.167. The summed E-state index contributed by atoms with van der Waals surface area (Å²) in [6, 6.07) is 21.6. The zero-order valence-electron chi connectivity index (χ0n) is 16.7. The number of carbonyl (C=O) groups excluding carboxylic acids is 2. The van der Waals surface area contributed by atoms with E-state index in [4.69, 9.17) is 23.2 Å². The molecule has 1 aliphatic rings. The van der Waals surface area contributed by atoms with Gasteiger partial charge in [0, 0.05) is 37.4 Å². The first-order chi connectivity index (χ1) is 15.0. The Labute approximate surface area is 191 Å². The van der Waals surface area contributed by atoms with Gasteiger partial charge in [-0.3, -0.25) is 9.59 Å². The zero-order valence-corrected chi connectivity index (χ0v) is 18.2. The lowest BCUT2D eigenvalue weighted by Crippen LogP contribution is -2.48. The molecule has 3 aromatic carbocycles. The maximum absolute atomic E-state index is 12.6. The van der Waals surface area contributed by atoms with Gasteiger partial charge in [0.25, 0.3) is 11.8 Å². The van der Waals surface area contributed by atoms with Crippen molar-refractivity contribution in [2.24, 2.45) is 0 Å². The van der Waals surface area contributed by atoms with Gasteiger partial charge < -0.3 is 15.1 Å². The molecule has 1 N–H and O–H groups in total. The highest BCUT2D eigenvalue weighted by Crippen LogP contribution is 2.30. The van der Waals surface area contributed by atoms with E-state index in [2.05, 4.69) is 10.2 Å². The molecule has 0 atom stereocenters. The number of rotatable bonds is 4. The predicted molar refractivity (Wildman–Crippen MR) is 125 cm³/mol. The summed E-state index contributed by atoms with van der Waals surface area (Å²) in [6.07, 6.45) is 0. The summed E-state index contributed by atoms with van der Waals surface area (Å²) in [5.74, 6) is -0.244. The van der Waals surface area contributed by atoms with Crippen molar-refractivity contribution in [1.82, 2.24) is 4.90 Å². The molecule has 0 radical (unpaired) electrons. The highest BCUT2D eigenvalue weighted by atomic mass is 35.5. The van der Waals surface area contributed by atoms with Crippen LogP contribution in [0.1, 0.15) is 20.7 Å². The molecule has 2 amide bonds. The van der Waals surface area contributed by atoms with Crippen LogP contribution in [0.3, 0.4) is 0 Å². The SMILES string of the molecule is O=C(Nc1ccc(N2CCN(C(=O)c3ccccc3)CC2)c(Cl)c1)c1ccccc1Cl. The first-order valence-corrected chi connectivity index (χ1v) is 10.7. The molecule has 0 spiro atoms. The monoisotopic (exact) mass is 453 g/mol. The van der Waals surface area contributed by atoms with E-state index in [1.54, 1.807) is 30.3 Å². The Balaban J connectivity index is 1.39. The van der Waals surface area contributed by atoms with Gasteiger partial charge in [-0.25, -0.2) is 0 Å². The number of nitrogens with one attached hydrogen (secondary N) is 1. The molecule has 5 nitrogen and oxygen atoms in total. The quantitative estimate of drug-likeness (QED) is 0.589. The summed E-state index contributed by atoms with van der Waals surface area (Å²) >= 11 is 12.6. The summed E-state index contributed by atoms with van der Waals surface area (Å²) in [4.78, 5) is 29.1. The standard InChI is InChI=1S/C24H21Cl2N3O2/c25-20-9-5-4-8-19(20)23(30)27-18-10-11-22(21(26)16-18)28-12-14-29(15-13-28)24(31)17-6-2-1-3-7-17/h1-11,16H,12-15H2,(H,27,30). The first-order valence-electron chi connectivity index (χ1n) is 9.97. The Hall–Kier alpha value is -3.02. The van der Waals surface area contributed by atoms with Crippen molar-refractivity contribution in [2.45, 2.75) is 0 Å². The fourth-order valence-corrected chi connectivity index (χ4v) is 4.12. The van der Waals surface area contributed by atoms with Gasteiger partial charge in [0.15, 0.2) is 0 Å². The number of anilines is 2. The van der Waals surface area contributed by atoms with Crippen LogP contribution in [0.5, 0.6) is 0 Å². The molecule has 1 fully saturated rings. The minimum absolute atomic E-state index is 0.0454. The van der Waals surface area contributed by atoms with E-state index in [0.29, 0.717) is 53.0 Å². The number of halogens is 2. The number of hydrogen-bond acceptors (Lipinski definition) is 3. The van der Waals surface area contributed by atoms with Crippen LogP contribution in [0.2, 0.25) is 10.0 Å². The van der Waals surface area contributed by atoms with Gasteiger partial charge >= 0.3 is 0 Å². The Morgan fingerprint density at radius 2 is 1.45 bits per heavy atom. The molecule has 0 saturated carbocycles. The largest absolute Gasteiger partial charge is 0.367 e. The number of carbonyl (C=O) groups is 2. The predicted octanol–water partition coefficient (Wildman–Crippen LogP) is 5.21. The smallest absolute Gasteiger partial charge is 0.257 e. The number of nitrogens with zero attached hydrogens (tertiary/aromatic N) is 2. The van der Waals surface area contributed by atoms with Crippen molar-refractivity contribution in [3.05, 3.63) is 94.0 Å². The molecule has 7 heteroatoms. The third kappa shape index (κ3) is 4.84. The topological polar surface area (TPSA) is 52.7 Å². The molecule has 1 saturated heterocycles. The average molecular weight is 454 g/mol. The van der Waals surface area contributed by atoms with Crippen LogP contribution in [0.15, 0.2) is 72.8 Å². The second-order valence-corrected chi connectivity index (χ2v) is 8.06. The van der Waals surface area contributed by atoms with Crippen LogP contribution in [0, 0.1) is 0 Å². The van der Waals surface area contributed by atoms with Crippen molar-refractivity contribution in [3.63, 3.8) is 0 Å². The van der Waals surface area contributed by atoms with Crippen LogP contribution in [-0.4, -0.2) is 42.9 Å². The number of amides is 2. The Kier molecular flexibility index (Phi) is 6.44. The van der Waals surface area contributed by atoms with Gasteiger partial charge in [-0.2, -0.15) is 0 Å². The van der Waals surface area contributed by atoms with E-state index >= 15 is 0 Å². The van der Waals surface area contributed by atoms with E-state index in [1.807, 2.05) is 47.4 Å². The lowest BCUT2D eigenvalue weighted by molar-refractivity contribution is 0.0746. The van der Waals surface area contributed by atoms with Gasteiger partial charge in [0.1, 0.15) is 0 Å². The lowest BCUT2D eigenvalue weighted by Gasteiger charge is -2.36. The van der Waals surface area contributed by atoms with E-state index in [1.165, 1.54) is 0 Å². The van der Waals surface area contributed by atoms with Gasteiger partial charge in [-0.05, 0) is 42.5 Å². The number of piperazine rings is 1.